The third kappa shape index (κ3) is 3.59. The quantitative estimate of drug-likeness (QED) is 0.379. The predicted molar refractivity (Wildman–Crippen MR) is 98.2 cm³/mol. The molecule has 0 bridgehead atoms. The summed E-state index contributed by atoms with van der Waals surface area (Å²) in [6.45, 7) is 1.58. The van der Waals surface area contributed by atoms with Crippen LogP contribution in [0.3, 0.4) is 0 Å². The zero-order valence-corrected chi connectivity index (χ0v) is 14.2. The van der Waals surface area contributed by atoms with Crippen molar-refractivity contribution in [2.75, 3.05) is 10.3 Å². The van der Waals surface area contributed by atoms with Crippen LogP contribution < -0.4 is 21.9 Å². The molecular weight excluding hydrogens is 341 g/mol. The first-order valence-corrected chi connectivity index (χ1v) is 8.21. The number of anilines is 2. The Morgan fingerprint density at radius 2 is 2.00 bits per heavy atom. The molecule has 0 radical (unpaired) electrons. The van der Waals surface area contributed by atoms with Gasteiger partial charge in [-0.2, -0.15) is 0 Å². The van der Waals surface area contributed by atoms with Gasteiger partial charge in [0.05, 0.1) is 21.6 Å². The molecule has 0 fully saturated rings. The molecule has 0 aliphatic carbocycles. The highest BCUT2D eigenvalue weighted by Gasteiger charge is 2.16. The van der Waals surface area contributed by atoms with Gasteiger partial charge in [-0.25, -0.2) is 15.2 Å². The van der Waals surface area contributed by atoms with Crippen LogP contribution in [-0.4, -0.2) is 10.9 Å². The van der Waals surface area contributed by atoms with Gasteiger partial charge in [0.2, 0.25) is 0 Å². The molecule has 2 aromatic carbocycles. The van der Waals surface area contributed by atoms with Crippen molar-refractivity contribution in [3.05, 3.63) is 65.7 Å². The zero-order valence-electron chi connectivity index (χ0n) is 13.4. The largest absolute Gasteiger partial charge is 0.393 e. The van der Waals surface area contributed by atoms with E-state index in [1.807, 2.05) is 24.3 Å². The van der Waals surface area contributed by atoms with E-state index in [1.54, 1.807) is 13.0 Å². The maximum Gasteiger partial charge on any atom is 0.275 e. The normalized spacial score (nSPS) is 12.0. The van der Waals surface area contributed by atoms with Crippen LogP contribution in [0.4, 0.5) is 15.2 Å². The minimum absolute atomic E-state index is 0.0778. The van der Waals surface area contributed by atoms with E-state index in [-0.39, 0.29) is 5.70 Å². The number of aromatic nitrogens is 1. The topological polar surface area (TPSA) is 97.3 Å². The third-order valence-corrected chi connectivity index (χ3v) is 4.55. The number of carbonyl (C=O) groups excluding carboxylic acids is 1. The number of hydrogen-bond donors (Lipinski definition) is 3. The van der Waals surface area contributed by atoms with Crippen molar-refractivity contribution >= 4 is 38.3 Å². The molecule has 0 saturated heterocycles. The molecule has 5 N–H and O–H groups in total. The van der Waals surface area contributed by atoms with Crippen LogP contribution in [-0.2, 0) is 4.79 Å². The number of carbonyl (C=O) groups is 1. The van der Waals surface area contributed by atoms with Gasteiger partial charge in [0.1, 0.15) is 11.5 Å². The molecule has 0 aliphatic heterocycles. The Labute approximate surface area is 147 Å². The van der Waals surface area contributed by atoms with Gasteiger partial charge >= 0.3 is 0 Å². The molecule has 1 heterocycles. The highest BCUT2D eigenvalue weighted by molar-refractivity contribution is 7.22. The van der Waals surface area contributed by atoms with Gasteiger partial charge in [0.25, 0.3) is 5.91 Å². The van der Waals surface area contributed by atoms with Crippen molar-refractivity contribution in [1.82, 2.24) is 4.98 Å². The summed E-state index contributed by atoms with van der Waals surface area (Å²) in [7, 11) is 0. The van der Waals surface area contributed by atoms with Gasteiger partial charge in [0.15, 0.2) is 5.13 Å². The van der Waals surface area contributed by atoms with Gasteiger partial charge in [0, 0.05) is 0 Å². The molecule has 0 aliphatic rings. The van der Waals surface area contributed by atoms with Crippen LogP contribution >= 0.6 is 11.3 Å². The van der Waals surface area contributed by atoms with Crippen molar-refractivity contribution in [3.63, 3.8) is 0 Å². The molecule has 0 unspecified atom stereocenters. The number of allylic oxidation sites excluding steroid dienone is 1. The molecule has 6 nitrogen and oxygen atoms in total. The number of hydrazine groups is 1. The Hall–Kier alpha value is -2.97. The predicted octanol–water partition coefficient (Wildman–Crippen LogP) is 2.94. The summed E-state index contributed by atoms with van der Waals surface area (Å²) in [4.78, 5) is 16.7. The molecular formula is C17H16FN5OS. The number of amides is 1. The van der Waals surface area contributed by atoms with E-state index < -0.39 is 11.7 Å². The number of rotatable bonds is 4. The Morgan fingerprint density at radius 3 is 2.72 bits per heavy atom. The summed E-state index contributed by atoms with van der Waals surface area (Å²) in [5.74, 6) is 4.98. The van der Waals surface area contributed by atoms with E-state index in [2.05, 4.69) is 10.3 Å². The van der Waals surface area contributed by atoms with E-state index >= 15 is 0 Å². The lowest BCUT2D eigenvalue weighted by molar-refractivity contribution is -0.113. The minimum atomic E-state index is -0.525. The van der Waals surface area contributed by atoms with E-state index in [4.69, 9.17) is 11.6 Å². The maximum atomic E-state index is 13.3. The molecule has 0 saturated carbocycles. The van der Waals surface area contributed by atoms with Gasteiger partial charge in [-0.3, -0.25) is 15.1 Å². The Morgan fingerprint density at radius 1 is 1.24 bits per heavy atom. The third-order valence-electron chi connectivity index (χ3n) is 3.60. The van der Waals surface area contributed by atoms with Crippen molar-refractivity contribution in [1.29, 1.82) is 0 Å². The summed E-state index contributed by atoms with van der Waals surface area (Å²) in [6.07, 6.45) is 0. The van der Waals surface area contributed by atoms with Crippen LogP contribution in [0.25, 0.3) is 10.2 Å². The van der Waals surface area contributed by atoms with Crippen LogP contribution in [0.5, 0.6) is 0 Å². The zero-order chi connectivity index (χ0) is 18.0. The van der Waals surface area contributed by atoms with Gasteiger partial charge in [-0.05, 0) is 37.3 Å². The van der Waals surface area contributed by atoms with Crippen molar-refractivity contribution in [3.8, 4) is 0 Å². The highest BCUT2D eigenvalue weighted by atomic mass is 32.1. The Bertz CT molecular complexity index is 935. The number of halogens is 1. The number of nitrogens with zero attached hydrogens (tertiary/aromatic N) is 2. The average Bonchev–Trinajstić information content (AvgIpc) is 3.01. The molecule has 3 aromatic rings. The molecule has 0 spiro atoms. The molecule has 128 valence electrons. The Balaban J connectivity index is 1.81. The number of para-hydroxylation sites is 1. The highest BCUT2D eigenvalue weighted by Crippen LogP contribution is 2.26. The fraction of sp³-hybridized carbons (Fsp3) is 0.0588. The van der Waals surface area contributed by atoms with E-state index in [0.717, 1.165) is 15.2 Å². The molecule has 8 heteroatoms. The molecule has 1 aromatic heterocycles. The standard InChI is InChI=1S/C17H16FN5OS/c1-10(23(20)12-6-4-5-11(18)9-12)15(19)16(24)22-17-21-13-7-2-3-8-14(13)25-17/h2-9H,19-20H2,1H3,(H,21,22,24)/b15-10-. The van der Waals surface area contributed by atoms with Crippen LogP contribution in [0, 0.1) is 5.82 Å². The molecule has 25 heavy (non-hydrogen) atoms. The number of hydrogen-bond acceptors (Lipinski definition) is 6. The first-order chi connectivity index (χ1) is 12.0. The fourth-order valence-corrected chi connectivity index (χ4v) is 3.06. The van der Waals surface area contributed by atoms with Crippen LogP contribution in [0.15, 0.2) is 59.9 Å². The number of nitrogens with one attached hydrogen (secondary N) is 1. The van der Waals surface area contributed by atoms with Crippen LogP contribution in [0.2, 0.25) is 0 Å². The van der Waals surface area contributed by atoms with Gasteiger partial charge in [-0.1, -0.05) is 29.5 Å². The summed E-state index contributed by atoms with van der Waals surface area (Å²) >= 11 is 1.35. The SMILES string of the molecule is C/C(=C(/N)C(=O)Nc1nc2ccccc2s1)N(N)c1cccc(F)c1. The lowest BCUT2D eigenvalue weighted by Crippen LogP contribution is -2.34. The lowest BCUT2D eigenvalue weighted by atomic mass is 10.2. The smallest absolute Gasteiger partial charge is 0.275 e. The second-order valence-electron chi connectivity index (χ2n) is 5.29. The second kappa shape index (κ2) is 6.88. The Kier molecular flexibility index (Phi) is 4.64. The van der Waals surface area contributed by atoms with E-state index in [9.17, 15) is 9.18 Å². The summed E-state index contributed by atoms with van der Waals surface area (Å²) in [5, 5.41) is 4.26. The van der Waals surface area contributed by atoms with Crippen molar-refractivity contribution in [2.45, 2.75) is 6.92 Å². The summed E-state index contributed by atoms with van der Waals surface area (Å²) < 4.78 is 14.3. The maximum absolute atomic E-state index is 13.3. The fourth-order valence-electron chi connectivity index (χ4n) is 2.20. The number of fused-ring (bicyclic) bond motifs is 1. The summed E-state index contributed by atoms with van der Waals surface area (Å²) in [5.41, 5.74) is 7.30. The number of benzene rings is 2. The van der Waals surface area contributed by atoms with Gasteiger partial charge in [-0.15, -0.1) is 0 Å². The minimum Gasteiger partial charge on any atom is -0.393 e. The van der Waals surface area contributed by atoms with Crippen molar-refractivity contribution < 1.29 is 9.18 Å². The monoisotopic (exact) mass is 357 g/mol. The molecule has 0 atom stereocenters. The lowest BCUT2D eigenvalue weighted by Gasteiger charge is -2.21. The average molecular weight is 357 g/mol. The molecule has 1 amide bonds. The second-order valence-corrected chi connectivity index (χ2v) is 6.32. The van der Waals surface area contributed by atoms with Crippen LogP contribution in [0.1, 0.15) is 6.92 Å². The van der Waals surface area contributed by atoms with E-state index in [0.29, 0.717) is 16.5 Å². The first-order valence-electron chi connectivity index (χ1n) is 7.39. The summed E-state index contributed by atoms with van der Waals surface area (Å²) in [6, 6.07) is 13.2. The number of nitrogens with two attached hydrogens (primary N) is 2. The van der Waals surface area contributed by atoms with Crippen molar-refractivity contribution in [2.24, 2.45) is 11.6 Å². The first kappa shape index (κ1) is 16.9. The van der Waals surface area contributed by atoms with E-state index in [1.165, 1.54) is 29.5 Å². The number of thiazole rings is 1. The molecule has 3 rings (SSSR count). The van der Waals surface area contributed by atoms with Gasteiger partial charge < -0.3 is 5.73 Å².